The number of carbonyl (C=O) groups excluding carboxylic acids is 1. The summed E-state index contributed by atoms with van der Waals surface area (Å²) in [5, 5.41) is 0.589. The number of aromatic nitrogens is 2. The van der Waals surface area contributed by atoms with Crippen molar-refractivity contribution in [2.75, 3.05) is 12.4 Å². The van der Waals surface area contributed by atoms with Crippen molar-refractivity contribution in [2.24, 2.45) is 0 Å². The van der Waals surface area contributed by atoms with E-state index in [1.165, 1.54) is 22.5 Å². The zero-order chi connectivity index (χ0) is 23.4. The van der Waals surface area contributed by atoms with Gasteiger partial charge in [0.25, 0.3) is 5.56 Å². The van der Waals surface area contributed by atoms with Gasteiger partial charge in [0.15, 0.2) is 5.16 Å². The first-order valence-electron chi connectivity index (χ1n) is 10.4. The van der Waals surface area contributed by atoms with Crippen molar-refractivity contribution in [1.29, 1.82) is 0 Å². The number of benzene rings is 2. The van der Waals surface area contributed by atoms with Gasteiger partial charge in [0, 0.05) is 24.9 Å². The molecule has 1 atom stereocenters. The fraction of sp³-hybridized carbons (Fsp3) is 0.261. The van der Waals surface area contributed by atoms with Gasteiger partial charge < -0.3 is 4.74 Å². The number of thioether (sulfide) groups is 1. The molecule has 1 N–H and O–H groups in total. The molecule has 3 aromatic rings. The van der Waals surface area contributed by atoms with Crippen LogP contribution in [0.15, 0.2) is 75.6 Å². The number of nitrogens with one attached hydrogen (secondary N) is 1. The Morgan fingerprint density at radius 3 is 2.64 bits per heavy atom. The number of sulfonamides is 1. The van der Waals surface area contributed by atoms with Crippen LogP contribution in [0.3, 0.4) is 0 Å². The lowest BCUT2D eigenvalue weighted by Crippen LogP contribution is -2.30. The van der Waals surface area contributed by atoms with Crippen molar-refractivity contribution in [2.45, 2.75) is 36.0 Å². The van der Waals surface area contributed by atoms with E-state index in [4.69, 9.17) is 4.74 Å². The van der Waals surface area contributed by atoms with Crippen LogP contribution in [0, 0.1) is 6.92 Å². The average molecular weight is 486 g/mol. The van der Waals surface area contributed by atoms with Crippen LogP contribution in [0.5, 0.6) is 0 Å². The Kier molecular flexibility index (Phi) is 6.96. The number of esters is 1. The number of hydrogen-bond acceptors (Lipinski definition) is 7. The van der Waals surface area contributed by atoms with Crippen LogP contribution in [0.4, 0.5) is 0 Å². The Bertz CT molecular complexity index is 1310. The smallest absolute Gasteiger partial charge is 0.345 e. The molecule has 2 heterocycles. The summed E-state index contributed by atoms with van der Waals surface area (Å²) in [5.74, 6) is -0.0337. The molecule has 8 nitrogen and oxygen atoms in total. The molecule has 172 valence electrons. The van der Waals surface area contributed by atoms with Gasteiger partial charge in [-0.1, -0.05) is 59.8 Å². The molecular formula is C23H23N3O5S2. The summed E-state index contributed by atoms with van der Waals surface area (Å²) in [5.41, 5.74) is 1.14. The third kappa shape index (κ3) is 5.35. The minimum atomic E-state index is -3.80. The quantitative estimate of drug-likeness (QED) is 0.386. The van der Waals surface area contributed by atoms with Crippen LogP contribution in [0.25, 0.3) is 0 Å². The number of rotatable bonds is 8. The van der Waals surface area contributed by atoms with Gasteiger partial charge in [-0.25, -0.2) is 22.9 Å². The first-order chi connectivity index (χ1) is 15.8. The third-order valence-electron chi connectivity index (χ3n) is 5.25. The third-order valence-corrected chi connectivity index (χ3v) is 7.71. The lowest BCUT2D eigenvalue weighted by Gasteiger charge is -2.19. The average Bonchev–Trinajstić information content (AvgIpc) is 3.29. The number of aryl methyl sites for hydroxylation is 1. The lowest BCUT2D eigenvalue weighted by molar-refractivity contribution is 0.0488. The monoisotopic (exact) mass is 485 g/mol. The Morgan fingerprint density at radius 1 is 1.18 bits per heavy atom. The van der Waals surface area contributed by atoms with Gasteiger partial charge in [0.05, 0.1) is 17.5 Å². The maximum Gasteiger partial charge on any atom is 0.345 e. The van der Waals surface area contributed by atoms with Crippen LogP contribution in [0.1, 0.15) is 33.9 Å². The minimum Gasteiger partial charge on any atom is -0.462 e. The van der Waals surface area contributed by atoms with Gasteiger partial charge in [0.1, 0.15) is 5.56 Å². The van der Waals surface area contributed by atoms with Crippen molar-refractivity contribution >= 4 is 27.8 Å². The van der Waals surface area contributed by atoms with Crippen LogP contribution < -0.4 is 10.3 Å². The Balaban J connectivity index is 1.47. The Labute approximate surface area is 196 Å². The number of carbonyl (C=O) groups is 1. The zero-order valence-corrected chi connectivity index (χ0v) is 19.6. The van der Waals surface area contributed by atoms with E-state index in [1.54, 1.807) is 36.4 Å². The van der Waals surface area contributed by atoms with Crippen LogP contribution in [-0.2, 0) is 21.3 Å². The highest BCUT2D eigenvalue weighted by Crippen LogP contribution is 2.22. The summed E-state index contributed by atoms with van der Waals surface area (Å²) < 4.78 is 35.3. The largest absolute Gasteiger partial charge is 0.462 e. The van der Waals surface area contributed by atoms with Crippen LogP contribution in [-0.4, -0.2) is 36.3 Å². The first-order valence-corrected chi connectivity index (χ1v) is 12.9. The van der Waals surface area contributed by atoms with Crippen molar-refractivity contribution < 1.29 is 17.9 Å². The molecular weight excluding hydrogens is 462 g/mol. The predicted molar refractivity (Wildman–Crippen MR) is 125 cm³/mol. The van der Waals surface area contributed by atoms with Gasteiger partial charge in [-0.2, -0.15) is 0 Å². The minimum absolute atomic E-state index is 0.0786. The highest BCUT2D eigenvalue weighted by Gasteiger charge is 2.24. The first kappa shape index (κ1) is 23.2. The molecule has 0 bridgehead atoms. The molecule has 2 aromatic carbocycles. The molecule has 10 heteroatoms. The van der Waals surface area contributed by atoms with Gasteiger partial charge in [0.2, 0.25) is 10.0 Å². The molecule has 0 amide bonds. The SMILES string of the molecule is Cc1ccc(S(=O)(=O)N[C@H](CCOC(=O)c2cnc3n(c2=O)CCS3)c2ccccc2)cc1. The summed E-state index contributed by atoms with van der Waals surface area (Å²) in [6.07, 6.45) is 1.43. The number of nitrogens with zero attached hydrogens (tertiary/aromatic N) is 2. The molecule has 0 fully saturated rings. The standard InChI is InChI=1S/C23H23N3O5S2/c1-16-7-9-18(10-8-16)33(29,30)25-20(17-5-3-2-4-6-17)11-13-31-22(28)19-15-24-23-26(21(19)27)12-14-32-23/h2-10,15,20,25H,11-14H2,1H3/t20-/m1/s1. The zero-order valence-electron chi connectivity index (χ0n) is 17.9. The molecule has 33 heavy (non-hydrogen) atoms. The number of hydrogen-bond donors (Lipinski definition) is 1. The molecule has 1 aromatic heterocycles. The molecule has 4 rings (SSSR count). The van der Waals surface area contributed by atoms with E-state index in [2.05, 4.69) is 9.71 Å². The van der Waals surface area contributed by atoms with Crippen molar-refractivity contribution in [1.82, 2.24) is 14.3 Å². The van der Waals surface area contributed by atoms with Crippen LogP contribution in [0.2, 0.25) is 0 Å². The maximum atomic E-state index is 12.9. The summed E-state index contributed by atoms with van der Waals surface area (Å²) in [7, 11) is -3.80. The van der Waals surface area contributed by atoms with Gasteiger partial charge >= 0.3 is 5.97 Å². The second-order valence-corrected chi connectivity index (χ2v) is 10.4. The summed E-state index contributed by atoms with van der Waals surface area (Å²) >= 11 is 1.46. The molecule has 0 aliphatic carbocycles. The normalized spacial score (nSPS) is 14.0. The van der Waals surface area contributed by atoms with E-state index >= 15 is 0 Å². The van der Waals surface area contributed by atoms with Crippen molar-refractivity contribution in [3.63, 3.8) is 0 Å². The molecule has 0 spiro atoms. The molecule has 1 aliphatic rings. The molecule has 1 aliphatic heterocycles. The fourth-order valence-electron chi connectivity index (χ4n) is 3.46. The molecule has 0 saturated heterocycles. The van der Waals surface area contributed by atoms with Crippen molar-refractivity contribution in [3.05, 3.63) is 87.8 Å². The van der Waals surface area contributed by atoms with Gasteiger partial charge in [-0.15, -0.1) is 0 Å². The summed E-state index contributed by atoms with van der Waals surface area (Å²) in [4.78, 5) is 29.3. The van der Waals surface area contributed by atoms with E-state index in [9.17, 15) is 18.0 Å². The van der Waals surface area contributed by atoms with E-state index in [0.29, 0.717) is 11.7 Å². The molecule has 0 radical (unpaired) electrons. The Hall–Kier alpha value is -2.95. The Morgan fingerprint density at radius 2 is 1.91 bits per heavy atom. The van der Waals surface area contributed by atoms with E-state index < -0.39 is 27.6 Å². The topological polar surface area (TPSA) is 107 Å². The summed E-state index contributed by atoms with van der Waals surface area (Å²) in [6, 6.07) is 15.0. The van der Waals surface area contributed by atoms with Crippen molar-refractivity contribution in [3.8, 4) is 0 Å². The molecule has 0 saturated carbocycles. The van der Waals surface area contributed by atoms with Gasteiger partial charge in [-0.3, -0.25) is 9.36 Å². The van der Waals surface area contributed by atoms with Crippen LogP contribution >= 0.6 is 11.8 Å². The summed E-state index contributed by atoms with van der Waals surface area (Å²) in [6.45, 7) is 2.31. The van der Waals surface area contributed by atoms with Gasteiger partial charge in [-0.05, 0) is 24.6 Å². The van der Waals surface area contributed by atoms with E-state index in [-0.39, 0.29) is 23.5 Å². The predicted octanol–water partition coefficient (Wildman–Crippen LogP) is 2.92. The lowest BCUT2D eigenvalue weighted by atomic mass is 10.1. The number of fused-ring (bicyclic) bond motifs is 1. The second kappa shape index (κ2) is 9.90. The highest BCUT2D eigenvalue weighted by molar-refractivity contribution is 7.99. The number of ether oxygens (including phenoxy) is 1. The van der Waals surface area contributed by atoms with E-state index in [0.717, 1.165) is 16.9 Å². The molecule has 0 unspecified atom stereocenters. The highest BCUT2D eigenvalue weighted by atomic mass is 32.2. The maximum absolute atomic E-state index is 12.9. The second-order valence-electron chi connectivity index (χ2n) is 7.58. The van der Waals surface area contributed by atoms with E-state index in [1.807, 2.05) is 25.1 Å². The fourth-order valence-corrected chi connectivity index (χ4v) is 5.63.